The molecule has 1 aromatic heterocycles. The van der Waals surface area contributed by atoms with Crippen molar-refractivity contribution in [3.63, 3.8) is 0 Å². The Morgan fingerprint density at radius 3 is 2.42 bits per heavy atom. The topological polar surface area (TPSA) is 126 Å². The number of alkyl halides is 3. The molecule has 4 bridgehead atoms. The largest absolute Gasteiger partial charge is 0.453 e. The van der Waals surface area contributed by atoms with Crippen LogP contribution in [0.2, 0.25) is 0 Å². The third-order valence-corrected chi connectivity index (χ3v) is 8.17. The molecule has 2 amide bonds. The number of carbonyl (C=O) groups is 3. The van der Waals surface area contributed by atoms with Crippen molar-refractivity contribution in [2.45, 2.75) is 57.7 Å². The predicted octanol–water partition coefficient (Wildman–Crippen LogP) is 4.78. The average Bonchev–Trinajstić information content (AvgIpc) is 3.25. The highest BCUT2D eigenvalue weighted by Gasteiger charge is 2.57. The van der Waals surface area contributed by atoms with Gasteiger partial charge in [-0.25, -0.2) is 14.3 Å². The first-order valence-electron chi connectivity index (χ1n) is 12.5. The Bertz CT molecular complexity index is 1160. The van der Waals surface area contributed by atoms with Gasteiger partial charge in [0.15, 0.2) is 11.5 Å². The van der Waals surface area contributed by atoms with Crippen molar-refractivity contribution in [3.05, 3.63) is 35.7 Å². The van der Waals surface area contributed by atoms with Gasteiger partial charge in [-0.1, -0.05) is 6.58 Å². The minimum absolute atomic E-state index is 0.0728. The van der Waals surface area contributed by atoms with Gasteiger partial charge in [-0.2, -0.15) is 18.3 Å². The molecule has 4 aliphatic carbocycles. The van der Waals surface area contributed by atoms with Gasteiger partial charge in [-0.3, -0.25) is 4.79 Å². The molecule has 4 saturated carbocycles. The number of nitrogens with zero attached hydrogens (tertiary/aromatic N) is 2. The van der Waals surface area contributed by atoms with E-state index in [2.05, 4.69) is 21.7 Å². The van der Waals surface area contributed by atoms with Crippen LogP contribution in [-0.2, 0) is 15.7 Å². The van der Waals surface area contributed by atoms with E-state index < -0.39 is 40.9 Å². The second kappa shape index (κ2) is 9.77. The number of methoxy groups -OCH3 is 1. The fraction of sp³-hybridized carbons (Fsp3) is 0.615. The van der Waals surface area contributed by atoms with Gasteiger partial charge in [0, 0.05) is 11.6 Å². The van der Waals surface area contributed by atoms with Crippen molar-refractivity contribution in [2.75, 3.05) is 13.7 Å². The summed E-state index contributed by atoms with van der Waals surface area (Å²) in [5.41, 5.74) is 2.31. The Kier molecular flexibility index (Phi) is 7.13. The van der Waals surface area contributed by atoms with Crippen LogP contribution in [0.1, 0.15) is 62.0 Å². The fourth-order valence-corrected chi connectivity index (χ4v) is 7.02. The van der Waals surface area contributed by atoms with Crippen LogP contribution in [0.3, 0.4) is 0 Å². The summed E-state index contributed by atoms with van der Waals surface area (Å²) in [5, 5.41) is 6.31. The molecule has 38 heavy (non-hydrogen) atoms. The zero-order chi connectivity index (χ0) is 28.0. The van der Waals surface area contributed by atoms with E-state index in [0.29, 0.717) is 23.4 Å². The highest BCUT2D eigenvalue weighted by molar-refractivity contribution is 6.09. The molecule has 1 aromatic rings. The SMILES string of the molecule is C=C(C(=O)c1cnn(/C=C/C(C)(C)NC(=O)OC)c1C(F)(F)F)[C@H]1C2CC3CC1C[C@@](COC(N)=O)(C3)C2. The number of amides is 2. The number of ketones is 1. The van der Waals surface area contributed by atoms with E-state index in [9.17, 15) is 27.6 Å². The average molecular weight is 539 g/mol. The lowest BCUT2D eigenvalue weighted by Crippen LogP contribution is -2.53. The van der Waals surface area contributed by atoms with Crippen molar-refractivity contribution in [1.82, 2.24) is 15.1 Å². The number of alkyl carbamates (subject to hydrolysis) is 1. The molecule has 0 saturated heterocycles. The van der Waals surface area contributed by atoms with E-state index in [1.165, 1.54) is 13.2 Å². The molecule has 2 atom stereocenters. The summed E-state index contributed by atoms with van der Waals surface area (Å²) in [4.78, 5) is 36.2. The van der Waals surface area contributed by atoms with Gasteiger partial charge in [0.05, 0.1) is 31.0 Å². The number of hydrogen-bond donors (Lipinski definition) is 2. The third-order valence-electron chi connectivity index (χ3n) is 8.17. The summed E-state index contributed by atoms with van der Waals surface area (Å²) in [6.45, 7) is 7.35. The number of rotatable bonds is 8. The highest BCUT2D eigenvalue weighted by atomic mass is 19.4. The molecule has 2 unspecified atom stereocenters. The summed E-state index contributed by atoms with van der Waals surface area (Å²) in [6.07, 6.45) is 0.912. The van der Waals surface area contributed by atoms with Crippen molar-refractivity contribution < 1.29 is 37.0 Å². The maximum Gasteiger partial charge on any atom is 0.434 e. The van der Waals surface area contributed by atoms with E-state index in [1.54, 1.807) is 13.8 Å². The van der Waals surface area contributed by atoms with Gasteiger partial charge >= 0.3 is 18.4 Å². The lowest BCUT2D eigenvalue weighted by atomic mass is 9.45. The van der Waals surface area contributed by atoms with Crippen LogP contribution in [-0.4, -0.2) is 47.0 Å². The summed E-state index contributed by atoms with van der Waals surface area (Å²) < 4.78 is 52.8. The van der Waals surface area contributed by atoms with E-state index in [0.717, 1.165) is 31.7 Å². The molecule has 9 nitrogen and oxygen atoms in total. The maximum absolute atomic E-state index is 14.2. The summed E-state index contributed by atoms with van der Waals surface area (Å²) in [7, 11) is 1.17. The van der Waals surface area contributed by atoms with Gasteiger partial charge in [-0.15, -0.1) is 0 Å². The molecule has 0 spiro atoms. The van der Waals surface area contributed by atoms with Crippen molar-refractivity contribution in [3.8, 4) is 0 Å². The lowest BCUT2D eigenvalue weighted by molar-refractivity contribution is -0.142. The normalized spacial score (nSPS) is 28.4. The summed E-state index contributed by atoms with van der Waals surface area (Å²) >= 11 is 0. The van der Waals surface area contributed by atoms with Crippen LogP contribution < -0.4 is 11.1 Å². The van der Waals surface area contributed by atoms with Crippen LogP contribution in [0.5, 0.6) is 0 Å². The molecule has 208 valence electrons. The van der Waals surface area contributed by atoms with Gasteiger partial charge in [0.2, 0.25) is 0 Å². The Morgan fingerprint density at radius 2 is 1.87 bits per heavy atom. The number of primary amides is 1. The smallest absolute Gasteiger partial charge is 0.434 e. The molecule has 0 aliphatic heterocycles. The molecule has 5 rings (SSSR count). The minimum atomic E-state index is -4.87. The van der Waals surface area contributed by atoms with Crippen LogP contribution in [0.4, 0.5) is 22.8 Å². The van der Waals surface area contributed by atoms with E-state index in [1.807, 2.05) is 0 Å². The molecule has 1 heterocycles. The van der Waals surface area contributed by atoms with E-state index in [4.69, 9.17) is 10.5 Å². The lowest BCUT2D eigenvalue weighted by Gasteiger charge is -2.60. The number of ether oxygens (including phenoxy) is 2. The van der Waals surface area contributed by atoms with Crippen LogP contribution in [0.15, 0.2) is 24.4 Å². The monoisotopic (exact) mass is 538 g/mol. The molecule has 0 aromatic carbocycles. The van der Waals surface area contributed by atoms with Crippen LogP contribution in [0.25, 0.3) is 6.20 Å². The second-order valence-corrected chi connectivity index (χ2v) is 11.5. The zero-order valence-electron chi connectivity index (χ0n) is 21.6. The number of aromatic nitrogens is 2. The number of carbonyl (C=O) groups excluding carboxylic acids is 3. The first-order valence-corrected chi connectivity index (χ1v) is 12.5. The zero-order valence-corrected chi connectivity index (χ0v) is 21.6. The number of allylic oxidation sites excluding steroid dienone is 1. The molecule has 4 aliphatic rings. The quantitative estimate of drug-likeness (QED) is 0.362. The Morgan fingerprint density at radius 1 is 1.24 bits per heavy atom. The number of nitrogens with two attached hydrogens (primary N) is 1. The van der Waals surface area contributed by atoms with E-state index in [-0.39, 0.29) is 35.3 Å². The van der Waals surface area contributed by atoms with Crippen molar-refractivity contribution >= 4 is 24.2 Å². The Balaban J connectivity index is 1.57. The standard InChI is InChI=1S/C26H33F3N4O5/c1-14(19-16-7-15-8-17(19)11-25(9-15,10-16)13-38-22(30)35)20(34)18-12-31-33(21(18)26(27,28)29)6-5-24(2,3)32-23(36)37-4/h5-6,12,15-17,19H,1,7-11,13H2,2-4H3,(H2,30,35)(H,32,36)/b6-5+/t15?,16?,17?,19-,25+. The molecule has 12 heteroatoms. The molecular formula is C26H33F3N4O5. The van der Waals surface area contributed by atoms with E-state index >= 15 is 0 Å². The maximum atomic E-state index is 14.2. The molecule has 0 radical (unpaired) electrons. The third kappa shape index (κ3) is 5.44. The summed E-state index contributed by atoms with van der Waals surface area (Å²) in [6, 6.07) is 0. The van der Waals surface area contributed by atoms with Crippen molar-refractivity contribution in [2.24, 2.45) is 34.8 Å². The van der Waals surface area contributed by atoms with Crippen LogP contribution in [0, 0.1) is 29.1 Å². The predicted molar refractivity (Wildman–Crippen MR) is 131 cm³/mol. The number of halogens is 3. The minimum Gasteiger partial charge on any atom is -0.453 e. The summed E-state index contributed by atoms with van der Waals surface area (Å²) in [5.74, 6) is -0.455. The Labute approximate surface area is 218 Å². The van der Waals surface area contributed by atoms with Gasteiger partial charge < -0.3 is 20.5 Å². The van der Waals surface area contributed by atoms with Crippen molar-refractivity contribution in [1.29, 1.82) is 0 Å². The number of Topliss-reactive ketones (excluding diaryl/α,β-unsaturated/α-hetero) is 1. The van der Waals surface area contributed by atoms with Gasteiger partial charge in [0.25, 0.3) is 0 Å². The van der Waals surface area contributed by atoms with Crippen LogP contribution >= 0.6 is 0 Å². The second-order valence-electron chi connectivity index (χ2n) is 11.5. The number of nitrogens with one attached hydrogen (secondary N) is 1. The fourth-order valence-electron chi connectivity index (χ4n) is 7.02. The first-order chi connectivity index (χ1) is 17.6. The molecule has 3 N–H and O–H groups in total. The molecule has 4 fully saturated rings. The first kappa shape index (κ1) is 27.7. The van der Waals surface area contributed by atoms with Gasteiger partial charge in [0.1, 0.15) is 0 Å². The van der Waals surface area contributed by atoms with Gasteiger partial charge in [-0.05, 0) is 81.3 Å². The molecular weight excluding hydrogens is 505 g/mol. The highest BCUT2D eigenvalue weighted by Crippen LogP contribution is 2.63. The number of hydrogen-bond acceptors (Lipinski definition) is 6. The Hall–Kier alpha value is -3.31.